The summed E-state index contributed by atoms with van der Waals surface area (Å²) < 4.78 is 5.16. The number of hydrogen-bond acceptors (Lipinski definition) is 3. The molecule has 2 N–H and O–H groups in total. The molecular formula is C10H21NO2. The third-order valence-corrected chi connectivity index (χ3v) is 2.14. The van der Waals surface area contributed by atoms with Gasteiger partial charge in [-0.3, -0.25) is 4.79 Å². The molecule has 0 rings (SSSR count). The minimum Gasteiger partial charge on any atom is -0.461 e. The van der Waals surface area contributed by atoms with Crippen molar-refractivity contribution in [3.8, 4) is 0 Å². The fourth-order valence-electron chi connectivity index (χ4n) is 0.836. The van der Waals surface area contributed by atoms with Crippen LogP contribution in [-0.4, -0.2) is 18.1 Å². The van der Waals surface area contributed by atoms with Crippen LogP contribution >= 0.6 is 0 Å². The summed E-state index contributed by atoms with van der Waals surface area (Å²) >= 11 is 0. The van der Waals surface area contributed by atoms with Gasteiger partial charge in [0.25, 0.3) is 0 Å². The number of ether oxygens (including phenoxy) is 1. The molecule has 78 valence electrons. The molecule has 0 saturated carbocycles. The number of carbonyl (C=O) groups is 1. The zero-order chi connectivity index (χ0) is 10.4. The molecule has 0 amide bonds. The molecule has 0 bridgehead atoms. The van der Waals surface area contributed by atoms with E-state index in [1.807, 2.05) is 27.7 Å². The lowest BCUT2D eigenvalue weighted by Gasteiger charge is -2.19. The first-order chi connectivity index (χ1) is 5.99. The van der Waals surface area contributed by atoms with Gasteiger partial charge in [-0.1, -0.05) is 27.2 Å². The van der Waals surface area contributed by atoms with Crippen LogP contribution in [0.3, 0.4) is 0 Å². The molecule has 3 heteroatoms. The van der Waals surface area contributed by atoms with Crippen molar-refractivity contribution in [2.75, 3.05) is 0 Å². The molecule has 0 aliphatic carbocycles. The van der Waals surface area contributed by atoms with Crippen molar-refractivity contribution < 1.29 is 9.53 Å². The predicted molar refractivity (Wildman–Crippen MR) is 53.3 cm³/mol. The van der Waals surface area contributed by atoms with Crippen molar-refractivity contribution in [1.29, 1.82) is 0 Å². The van der Waals surface area contributed by atoms with Crippen LogP contribution in [0, 0.1) is 5.92 Å². The molecule has 0 aliphatic heterocycles. The van der Waals surface area contributed by atoms with Crippen LogP contribution < -0.4 is 5.73 Å². The Morgan fingerprint density at radius 1 is 1.38 bits per heavy atom. The standard InChI is InChI=1S/C10H21NO2/c1-5-6-9(11)10(12)13-8(4)7(2)3/h7-9H,5-6,11H2,1-4H3/t8-,9+/m1/s1. The molecule has 0 aliphatic rings. The van der Waals surface area contributed by atoms with Crippen molar-refractivity contribution in [2.45, 2.75) is 52.7 Å². The van der Waals surface area contributed by atoms with Crippen LogP contribution in [0.2, 0.25) is 0 Å². The highest BCUT2D eigenvalue weighted by molar-refractivity contribution is 5.75. The molecule has 0 spiro atoms. The second kappa shape index (κ2) is 5.97. The normalized spacial score (nSPS) is 15.5. The molecule has 0 unspecified atom stereocenters. The van der Waals surface area contributed by atoms with Crippen LogP contribution in [0.5, 0.6) is 0 Å². The average molecular weight is 187 g/mol. The fraction of sp³-hybridized carbons (Fsp3) is 0.900. The summed E-state index contributed by atoms with van der Waals surface area (Å²) in [5.74, 6) is 0.0702. The van der Waals surface area contributed by atoms with E-state index in [0.717, 1.165) is 6.42 Å². The van der Waals surface area contributed by atoms with Gasteiger partial charge in [0.15, 0.2) is 0 Å². The monoisotopic (exact) mass is 187 g/mol. The third kappa shape index (κ3) is 4.88. The first-order valence-electron chi connectivity index (χ1n) is 4.95. The van der Waals surface area contributed by atoms with E-state index in [1.54, 1.807) is 0 Å². The minimum absolute atomic E-state index is 0.0459. The lowest BCUT2D eigenvalue weighted by atomic mass is 10.1. The van der Waals surface area contributed by atoms with Crippen LogP contribution in [0.1, 0.15) is 40.5 Å². The van der Waals surface area contributed by atoms with E-state index in [9.17, 15) is 4.79 Å². The van der Waals surface area contributed by atoms with Crippen molar-refractivity contribution >= 4 is 5.97 Å². The van der Waals surface area contributed by atoms with Crippen LogP contribution in [0.4, 0.5) is 0 Å². The topological polar surface area (TPSA) is 52.3 Å². The Hall–Kier alpha value is -0.570. The maximum atomic E-state index is 11.3. The van der Waals surface area contributed by atoms with Crippen LogP contribution in [0.15, 0.2) is 0 Å². The third-order valence-electron chi connectivity index (χ3n) is 2.14. The van der Waals surface area contributed by atoms with E-state index in [-0.39, 0.29) is 12.1 Å². The second-order valence-corrected chi connectivity index (χ2v) is 3.78. The highest BCUT2D eigenvalue weighted by Gasteiger charge is 2.18. The zero-order valence-electron chi connectivity index (χ0n) is 9.04. The van der Waals surface area contributed by atoms with E-state index in [4.69, 9.17) is 10.5 Å². The quantitative estimate of drug-likeness (QED) is 0.666. The summed E-state index contributed by atoms with van der Waals surface area (Å²) in [5, 5.41) is 0. The summed E-state index contributed by atoms with van der Waals surface area (Å²) in [7, 11) is 0. The molecule has 0 aromatic rings. The first kappa shape index (κ1) is 12.4. The molecular weight excluding hydrogens is 166 g/mol. The Labute approximate surface area is 80.6 Å². The number of hydrogen-bond donors (Lipinski definition) is 1. The van der Waals surface area contributed by atoms with Crippen LogP contribution in [-0.2, 0) is 9.53 Å². The van der Waals surface area contributed by atoms with Gasteiger partial charge in [0.05, 0.1) is 0 Å². The van der Waals surface area contributed by atoms with Gasteiger partial charge in [0, 0.05) is 0 Å². The number of rotatable bonds is 5. The molecule has 0 radical (unpaired) electrons. The van der Waals surface area contributed by atoms with Gasteiger partial charge in [0.1, 0.15) is 12.1 Å². The van der Waals surface area contributed by atoms with E-state index in [2.05, 4.69) is 0 Å². The highest BCUT2D eigenvalue weighted by atomic mass is 16.5. The molecule has 0 fully saturated rings. The maximum absolute atomic E-state index is 11.3. The smallest absolute Gasteiger partial charge is 0.323 e. The summed E-state index contributed by atoms with van der Waals surface area (Å²) in [6, 6.07) is -0.453. The summed E-state index contributed by atoms with van der Waals surface area (Å²) in [6.45, 7) is 7.92. The fourth-order valence-corrected chi connectivity index (χ4v) is 0.836. The van der Waals surface area contributed by atoms with E-state index in [1.165, 1.54) is 0 Å². The zero-order valence-corrected chi connectivity index (χ0v) is 9.04. The average Bonchev–Trinajstić information content (AvgIpc) is 2.04. The van der Waals surface area contributed by atoms with Crippen molar-refractivity contribution in [3.05, 3.63) is 0 Å². The molecule has 2 atom stereocenters. The molecule has 13 heavy (non-hydrogen) atoms. The van der Waals surface area contributed by atoms with Crippen LogP contribution in [0.25, 0.3) is 0 Å². The number of carbonyl (C=O) groups excluding carboxylic acids is 1. The first-order valence-corrected chi connectivity index (χ1v) is 4.95. The SMILES string of the molecule is CCC[C@H](N)C(=O)O[C@H](C)C(C)C. The van der Waals surface area contributed by atoms with Gasteiger partial charge in [-0.25, -0.2) is 0 Å². The largest absolute Gasteiger partial charge is 0.461 e. The molecule has 3 nitrogen and oxygen atoms in total. The van der Waals surface area contributed by atoms with Gasteiger partial charge in [-0.2, -0.15) is 0 Å². The molecule has 0 aromatic heterocycles. The predicted octanol–water partition coefficient (Wildman–Crippen LogP) is 1.70. The van der Waals surface area contributed by atoms with E-state index in [0.29, 0.717) is 12.3 Å². The maximum Gasteiger partial charge on any atom is 0.323 e. The lowest BCUT2D eigenvalue weighted by Crippen LogP contribution is -2.35. The Kier molecular flexibility index (Phi) is 5.71. The summed E-state index contributed by atoms with van der Waals surface area (Å²) in [4.78, 5) is 11.3. The van der Waals surface area contributed by atoms with Crippen molar-refractivity contribution in [1.82, 2.24) is 0 Å². The highest BCUT2D eigenvalue weighted by Crippen LogP contribution is 2.07. The second-order valence-electron chi connectivity index (χ2n) is 3.78. The van der Waals surface area contributed by atoms with E-state index >= 15 is 0 Å². The Morgan fingerprint density at radius 2 is 1.92 bits per heavy atom. The Balaban J connectivity index is 3.85. The van der Waals surface area contributed by atoms with Gasteiger partial charge in [-0.15, -0.1) is 0 Å². The van der Waals surface area contributed by atoms with Gasteiger partial charge in [0.2, 0.25) is 0 Å². The minimum atomic E-state index is -0.453. The molecule has 0 aromatic carbocycles. The van der Waals surface area contributed by atoms with Crippen molar-refractivity contribution in [3.63, 3.8) is 0 Å². The molecule has 0 heterocycles. The van der Waals surface area contributed by atoms with Crippen molar-refractivity contribution in [2.24, 2.45) is 11.7 Å². The number of esters is 1. The van der Waals surface area contributed by atoms with E-state index < -0.39 is 6.04 Å². The number of nitrogens with two attached hydrogens (primary N) is 1. The summed E-state index contributed by atoms with van der Waals surface area (Å²) in [5.41, 5.74) is 5.60. The van der Waals surface area contributed by atoms with Gasteiger partial charge >= 0.3 is 5.97 Å². The molecule has 0 saturated heterocycles. The Bertz CT molecular complexity index is 157. The lowest BCUT2D eigenvalue weighted by molar-refractivity contribution is -0.152. The Morgan fingerprint density at radius 3 is 2.31 bits per heavy atom. The van der Waals surface area contributed by atoms with Gasteiger partial charge < -0.3 is 10.5 Å². The van der Waals surface area contributed by atoms with Gasteiger partial charge in [-0.05, 0) is 19.3 Å². The summed E-state index contributed by atoms with van der Waals surface area (Å²) in [6.07, 6.45) is 1.56.